The number of carbonyl (C=O) groups is 1. The van der Waals surface area contributed by atoms with Crippen LogP contribution in [0.4, 0.5) is 0 Å². The van der Waals surface area contributed by atoms with E-state index in [0.29, 0.717) is 23.3 Å². The molecular formula is C26H32N2O. The number of likely N-dealkylation sites (N-methyl/N-ethyl adjacent to an activating group) is 2. The van der Waals surface area contributed by atoms with Crippen molar-refractivity contribution in [1.29, 1.82) is 0 Å². The summed E-state index contributed by atoms with van der Waals surface area (Å²) in [7, 11) is 1.92. The van der Waals surface area contributed by atoms with Crippen LogP contribution in [0.25, 0.3) is 0 Å². The number of nitrogens with one attached hydrogen (secondary N) is 1. The fourth-order valence-electron chi connectivity index (χ4n) is 6.82. The largest absolute Gasteiger partial charge is 0.338 e. The molecule has 2 aromatic rings. The van der Waals surface area contributed by atoms with Crippen molar-refractivity contribution in [2.24, 2.45) is 17.3 Å². The second-order valence-corrected chi connectivity index (χ2v) is 9.23. The van der Waals surface area contributed by atoms with Crippen molar-refractivity contribution in [2.75, 3.05) is 13.6 Å². The van der Waals surface area contributed by atoms with Gasteiger partial charge in [-0.3, -0.25) is 4.79 Å². The van der Waals surface area contributed by atoms with E-state index in [4.69, 9.17) is 0 Å². The summed E-state index contributed by atoms with van der Waals surface area (Å²) in [6.45, 7) is 2.94. The van der Waals surface area contributed by atoms with Gasteiger partial charge in [0, 0.05) is 18.5 Å². The first-order valence-corrected chi connectivity index (χ1v) is 11.3. The predicted molar refractivity (Wildman–Crippen MR) is 117 cm³/mol. The molecule has 29 heavy (non-hydrogen) atoms. The molecule has 6 atom stereocenters. The lowest BCUT2D eigenvalue weighted by molar-refractivity contribution is -0.144. The Kier molecular flexibility index (Phi) is 4.74. The molecule has 1 amide bonds. The Labute approximate surface area is 174 Å². The number of amides is 1. The molecule has 0 heterocycles. The SMILES string of the molecule is CCN(C(=O)C(Cc1ccccc1)NC)C1C2CCC3CC32C1c1ccccc1. The van der Waals surface area contributed by atoms with Crippen LogP contribution in [0.2, 0.25) is 0 Å². The highest BCUT2D eigenvalue weighted by Crippen LogP contribution is 2.81. The van der Waals surface area contributed by atoms with Crippen molar-refractivity contribution in [2.45, 2.75) is 50.6 Å². The lowest BCUT2D eigenvalue weighted by atomic mass is 9.55. The van der Waals surface area contributed by atoms with Gasteiger partial charge in [-0.05, 0) is 68.0 Å². The Balaban J connectivity index is 1.42. The minimum atomic E-state index is -0.165. The van der Waals surface area contributed by atoms with Gasteiger partial charge in [-0.1, -0.05) is 60.7 Å². The molecule has 0 radical (unpaired) electrons. The Morgan fingerprint density at radius 1 is 1.10 bits per heavy atom. The van der Waals surface area contributed by atoms with Crippen molar-refractivity contribution in [3.05, 3.63) is 71.8 Å². The van der Waals surface area contributed by atoms with Crippen molar-refractivity contribution in [3.63, 3.8) is 0 Å². The maximum Gasteiger partial charge on any atom is 0.240 e. The van der Waals surface area contributed by atoms with Crippen molar-refractivity contribution < 1.29 is 4.79 Å². The molecule has 5 rings (SSSR count). The van der Waals surface area contributed by atoms with Crippen LogP contribution in [0.3, 0.4) is 0 Å². The van der Waals surface area contributed by atoms with Gasteiger partial charge in [-0.15, -0.1) is 0 Å². The van der Waals surface area contributed by atoms with Crippen LogP contribution in [-0.2, 0) is 11.2 Å². The lowest BCUT2D eigenvalue weighted by Crippen LogP contribution is -2.63. The Morgan fingerprint density at radius 3 is 2.41 bits per heavy atom. The van der Waals surface area contributed by atoms with Gasteiger partial charge in [-0.25, -0.2) is 0 Å². The average Bonchev–Trinajstić information content (AvgIpc) is 3.43. The maximum absolute atomic E-state index is 13.7. The quantitative estimate of drug-likeness (QED) is 0.769. The fraction of sp³-hybridized carbons (Fsp3) is 0.500. The van der Waals surface area contributed by atoms with E-state index in [0.717, 1.165) is 18.9 Å². The Morgan fingerprint density at radius 2 is 1.79 bits per heavy atom. The van der Waals surface area contributed by atoms with Crippen LogP contribution in [0.5, 0.6) is 0 Å². The number of rotatable bonds is 7. The van der Waals surface area contributed by atoms with E-state index in [9.17, 15) is 4.79 Å². The first-order chi connectivity index (χ1) is 14.2. The van der Waals surface area contributed by atoms with Crippen LogP contribution in [-0.4, -0.2) is 36.5 Å². The number of nitrogens with zero attached hydrogens (tertiary/aromatic N) is 1. The van der Waals surface area contributed by atoms with Gasteiger partial charge < -0.3 is 10.2 Å². The van der Waals surface area contributed by atoms with Crippen molar-refractivity contribution >= 4 is 5.91 Å². The van der Waals surface area contributed by atoms with Crippen molar-refractivity contribution in [3.8, 4) is 0 Å². The number of benzene rings is 2. The van der Waals surface area contributed by atoms with E-state index in [1.165, 1.54) is 30.4 Å². The van der Waals surface area contributed by atoms with Gasteiger partial charge in [0.25, 0.3) is 0 Å². The van der Waals surface area contributed by atoms with E-state index in [2.05, 4.69) is 71.7 Å². The summed E-state index contributed by atoms with van der Waals surface area (Å²) in [5.41, 5.74) is 3.14. The molecule has 3 aliphatic rings. The minimum absolute atomic E-state index is 0.165. The van der Waals surface area contributed by atoms with Crippen LogP contribution in [0, 0.1) is 17.3 Å². The summed E-state index contributed by atoms with van der Waals surface area (Å²) in [4.78, 5) is 15.9. The molecule has 152 valence electrons. The first kappa shape index (κ1) is 18.9. The zero-order valence-electron chi connectivity index (χ0n) is 17.6. The molecule has 0 aromatic heterocycles. The Hall–Kier alpha value is -2.13. The molecule has 3 aliphatic carbocycles. The molecule has 6 unspecified atom stereocenters. The van der Waals surface area contributed by atoms with Gasteiger partial charge in [0.15, 0.2) is 0 Å². The smallest absolute Gasteiger partial charge is 0.240 e. The maximum atomic E-state index is 13.7. The third kappa shape index (κ3) is 2.85. The van der Waals surface area contributed by atoms with E-state index in [1.54, 1.807) is 0 Å². The topological polar surface area (TPSA) is 32.3 Å². The summed E-state index contributed by atoms with van der Waals surface area (Å²) in [5, 5.41) is 3.31. The molecule has 2 aromatic carbocycles. The first-order valence-electron chi connectivity index (χ1n) is 11.3. The number of hydrogen-bond acceptors (Lipinski definition) is 2. The zero-order valence-corrected chi connectivity index (χ0v) is 17.6. The standard InChI is InChI=1S/C26H32N2O/c1-3-28(25(29)22(27-2)16-18-10-6-4-7-11-18)24-21-15-14-20-17-26(20,21)23(24)19-12-8-5-9-13-19/h4-13,20-24,27H,3,14-17H2,1-2H3. The fourth-order valence-corrected chi connectivity index (χ4v) is 6.82. The zero-order chi connectivity index (χ0) is 20.0. The molecule has 3 saturated carbocycles. The predicted octanol–water partition coefficient (Wildman–Crippen LogP) is 4.25. The molecule has 0 bridgehead atoms. The van der Waals surface area contributed by atoms with Crippen LogP contribution in [0.1, 0.15) is 43.2 Å². The summed E-state index contributed by atoms with van der Waals surface area (Å²) >= 11 is 0. The number of carbonyl (C=O) groups excluding carboxylic acids is 1. The second kappa shape index (κ2) is 7.28. The molecule has 1 N–H and O–H groups in total. The average molecular weight is 389 g/mol. The molecule has 3 heteroatoms. The minimum Gasteiger partial charge on any atom is -0.338 e. The summed E-state index contributed by atoms with van der Waals surface area (Å²) < 4.78 is 0. The van der Waals surface area contributed by atoms with E-state index < -0.39 is 0 Å². The molecule has 1 spiro atoms. The molecule has 0 aliphatic heterocycles. The molecular weight excluding hydrogens is 356 g/mol. The Bertz CT molecular complexity index is 867. The van der Waals surface area contributed by atoms with Gasteiger partial charge in [0.05, 0.1) is 6.04 Å². The highest BCUT2D eigenvalue weighted by Gasteiger charge is 2.77. The third-order valence-corrected chi connectivity index (χ3v) is 8.12. The molecule has 3 nitrogen and oxygen atoms in total. The normalized spacial score (nSPS) is 32.6. The monoisotopic (exact) mass is 388 g/mol. The van der Waals surface area contributed by atoms with E-state index in [-0.39, 0.29) is 11.9 Å². The van der Waals surface area contributed by atoms with Crippen molar-refractivity contribution in [1.82, 2.24) is 10.2 Å². The van der Waals surface area contributed by atoms with Crippen LogP contribution < -0.4 is 5.32 Å². The highest BCUT2D eigenvalue weighted by atomic mass is 16.2. The van der Waals surface area contributed by atoms with Crippen LogP contribution >= 0.6 is 0 Å². The highest BCUT2D eigenvalue weighted by molar-refractivity contribution is 5.83. The molecule has 3 fully saturated rings. The lowest BCUT2D eigenvalue weighted by Gasteiger charge is -2.57. The number of hydrogen-bond donors (Lipinski definition) is 1. The van der Waals surface area contributed by atoms with E-state index >= 15 is 0 Å². The molecule has 0 saturated heterocycles. The summed E-state index contributed by atoms with van der Waals surface area (Å²) in [6.07, 6.45) is 4.77. The van der Waals surface area contributed by atoms with Gasteiger partial charge in [0.2, 0.25) is 5.91 Å². The van der Waals surface area contributed by atoms with Crippen LogP contribution in [0.15, 0.2) is 60.7 Å². The summed E-state index contributed by atoms with van der Waals surface area (Å²) in [6, 6.07) is 21.6. The second-order valence-electron chi connectivity index (χ2n) is 9.23. The summed E-state index contributed by atoms with van der Waals surface area (Å²) in [5.74, 6) is 2.37. The van der Waals surface area contributed by atoms with E-state index in [1.807, 2.05) is 13.1 Å². The van der Waals surface area contributed by atoms with Gasteiger partial charge in [0.1, 0.15) is 0 Å². The van der Waals surface area contributed by atoms with Gasteiger partial charge in [-0.2, -0.15) is 0 Å². The third-order valence-electron chi connectivity index (χ3n) is 8.12. The van der Waals surface area contributed by atoms with Gasteiger partial charge >= 0.3 is 0 Å².